The largest absolute Gasteiger partial charge is 0.465 e. The minimum atomic E-state index is -0.00364. The van der Waals surface area contributed by atoms with E-state index in [4.69, 9.17) is 4.74 Å². The second kappa shape index (κ2) is 4.08. The molecule has 10 heavy (non-hydrogen) atoms. The molecule has 1 heterocycles. The summed E-state index contributed by atoms with van der Waals surface area (Å²) in [4.78, 5) is 10.9. The van der Waals surface area contributed by atoms with Crippen LogP contribution in [0.1, 0.15) is 0 Å². The Morgan fingerprint density at radius 1 is 1.50 bits per heavy atom. The van der Waals surface area contributed by atoms with Crippen LogP contribution in [0.5, 0.6) is 0 Å². The normalized spacial score (nSPS) is 32.4. The molecule has 0 aromatic heterocycles. The average molecular weight is 366 g/mol. The van der Waals surface area contributed by atoms with E-state index in [1.165, 1.54) is 0 Å². The zero-order valence-electron chi connectivity index (χ0n) is 5.35. The maximum Gasteiger partial charge on any atom is 0.310 e. The number of carbonyl (C=O) groups excluding carboxylic acids is 1. The van der Waals surface area contributed by atoms with Crippen molar-refractivity contribution in [1.82, 2.24) is 0 Å². The van der Waals surface area contributed by atoms with Gasteiger partial charge in [-0.1, -0.05) is 45.2 Å². The molecule has 0 spiro atoms. The van der Waals surface area contributed by atoms with Gasteiger partial charge in [0.15, 0.2) is 0 Å². The Bertz CT molecular complexity index is 138. The smallest absolute Gasteiger partial charge is 0.310 e. The lowest BCUT2D eigenvalue weighted by Gasteiger charge is -2.06. The van der Waals surface area contributed by atoms with Crippen LogP contribution in [0.15, 0.2) is 0 Å². The van der Waals surface area contributed by atoms with Crippen LogP contribution in [0, 0.1) is 11.8 Å². The van der Waals surface area contributed by atoms with Crippen LogP contribution in [0.3, 0.4) is 0 Å². The van der Waals surface area contributed by atoms with Crippen LogP contribution in [0.25, 0.3) is 0 Å². The quantitative estimate of drug-likeness (QED) is 0.422. The fraction of sp³-hybridized carbons (Fsp3) is 0.833. The first kappa shape index (κ1) is 9.02. The summed E-state index contributed by atoms with van der Waals surface area (Å²) in [5, 5.41) is 0. The molecule has 0 aromatic rings. The van der Waals surface area contributed by atoms with Crippen molar-refractivity contribution >= 4 is 51.2 Å². The van der Waals surface area contributed by atoms with Crippen LogP contribution >= 0.6 is 45.2 Å². The van der Waals surface area contributed by atoms with Gasteiger partial charge in [0.2, 0.25) is 0 Å². The Morgan fingerprint density at radius 2 is 2.20 bits per heavy atom. The lowest BCUT2D eigenvalue weighted by Crippen LogP contribution is -2.18. The summed E-state index contributed by atoms with van der Waals surface area (Å²) in [5.74, 6) is 0.624. The third-order valence-corrected chi connectivity index (χ3v) is 3.76. The van der Waals surface area contributed by atoms with Crippen LogP contribution < -0.4 is 0 Å². The van der Waals surface area contributed by atoms with Crippen molar-refractivity contribution in [3.05, 3.63) is 0 Å². The van der Waals surface area contributed by atoms with E-state index < -0.39 is 0 Å². The Labute approximate surface area is 87.4 Å². The third kappa shape index (κ3) is 1.75. The predicted molar refractivity (Wildman–Crippen MR) is 55.7 cm³/mol. The van der Waals surface area contributed by atoms with Gasteiger partial charge in [0.25, 0.3) is 0 Å². The second-order valence-electron chi connectivity index (χ2n) is 2.31. The first-order valence-corrected chi connectivity index (χ1v) is 6.13. The minimum Gasteiger partial charge on any atom is -0.465 e. The summed E-state index contributed by atoms with van der Waals surface area (Å²) in [6.45, 7) is 0.634. The van der Waals surface area contributed by atoms with Crippen molar-refractivity contribution in [2.75, 3.05) is 15.5 Å². The molecule has 0 N–H and O–H groups in total. The highest BCUT2D eigenvalue weighted by Crippen LogP contribution is 2.25. The molecule has 1 aliphatic heterocycles. The van der Waals surface area contributed by atoms with E-state index in [0.29, 0.717) is 12.5 Å². The number of cyclic esters (lactones) is 1. The first-order valence-electron chi connectivity index (χ1n) is 3.08. The minimum absolute atomic E-state index is 0.00364. The molecule has 2 unspecified atom stereocenters. The number of carbonyl (C=O) groups is 1. The van der Waals surface area contributed by atoms with Crippen molar-refractivity contribution in [2.45, 2.75) is 0 Å². The molecule has 1 rings (SSSR count). The molecular formula is C6H8I2O2. The lowest BCUT2D eigenvalue weighted by molar-refractivity contribution is -0.140. The Balaban J connectivity index is 2.54. The lowest BCUT2D eigenvalue weighted by atomic mass is 10.0. The number of hydrogen-bond donors (Lipinski definition) is 0. The number of halogens is 2. The van der Waals surface area contributed by atoms with Crippen LogP contribution in [0.4, 0.5) is 0 Å². The molecule has 0 aromatic carbocycles. The summed E-state index contributed by atoms with van der Waals surface area (Å²) in [5.41, 5.74) is 0. The van der Waals surface area contributed by atoms with Crippen LogP contribution in [-0.2, 0) is 9.53 Å². The molecule has 58 valence electrons. The number of hydrogen-bond acceptors (Lipinski definition) is 2. The molecule has 1 aliphatic rings. The SMILES string of the molecule is O=C1OCC(CI)C1CI. The molecule has 0 saturated carbocycles. The molecule has 0 amide bonds. The second-order valence-corrected chi connectivity index (χ2v) is 4.07. The number of esters is 1. The van der Waals surface area contributed by atoms with Gasteiger partial charge in [0.1, 0.15) is 0 Å². The molecule has 2 nitrogen and oxygen atoms in total. The molecule has 1 saturated heterocycles. The maximum atomic E-state index is 10.9. The zero-order chi connectivity index (χ0) is 7.56. The summed E-state index contributed by atoms with van der Waals surface area (Å²) in [6, 6.07) is 0. The van der Waals surface area contributed by atoms with Crippen LogP contribution in [0.2, 0.25) is 0 Å². The summed E-state index contributed by atoms with van der Waals surface area (Å²) < 4.78 is 6.83. The van der Waals surface area contributed by atoms with Gasteiger partial charge in [-0.3, -0.25) is 4.79 Å². The standard InChI is InChI=1S/C6H8I2O2/c7-1-4-3-10-6(9)5(4)2-8/h4-5H,1-3H2. The average Bonchev–Trinajstić information content (AvgIpc) is 2.30. The van der Waals surface area contributed by atoms with Crippen molar-refractivity contribution < 1.29 is 9.53 Å². The fourth-order valence-electron chi connectivity index (χ4n) is 0.946. The molecule has 0 bridgehead atoms. The molecule has 1 fully saturated rings. The summed E-state index contributed by atoms with van der Waals surface area (Å²) in [6.07, 6.45) is 0. The van der Waals surface area contributed by atoms with E-state index in [2.05, 4.69) is 45.2 Å². The first-order chi connectivity index (χ1) is 4.79. The Kier molecular flexibility index (Phi) is 3.68. The van der Waals surface area contributed by atoms with Crippen molar-refractivity contribution in [1.29, 1.82) is 0 Å². The molecule has 0 aliphatic carbocycles. The maximum absolute atomic E-state index is 10.9. The third-order valence-electron chi connectivity index (χ3n) is 1.68. The van der Waals surface area contributed by atoms with Crippen molar-refractivity contribution in [3.8, 4) is 0 Å². The number of alkyl halides is 2. The monoisotopic (exact) mass is 366 g/mol. The fourth-order valence-corrected chi connectivity index (χ4v) is 2.89. The van der Waals surface area contributed by atoms with E-state index in [-0.39, 0.29) is 11.9 Å². The van der Waals surface area contributed by atoms with Gasteiger partial charge in [0, 0.05) is 14.8 Å². The molecule has 4 heteroatoms. The van der Waals surface area contributed by atoms with E-state index in [1.54, 1.807) is 0 Å². The van der Waals surface area contributed by atoms with E-state index in [1.807, 2.05) is 0 Å². The summed E-state index contributed by atoms with van der Waals surface area (Å²) in [7, 11) is 0. The van der Waals surface area contributed by atoms with E-state index >= 15 is 0 Å². The molecular weight excluding hydrogens is 358 g/mol. The highest BCUT2D eigenvalue weighted by molar-refractivity contribution is 14.1. The van der Waals surface area contributed by atoms with E-state index in [0.717, 1.165) is 8.86 Å². The van der Waals surface area contributed by atoms with Crippen molar-refractivity contribution in [2.24, 2.45) is 11.8 Å². The van der Waals surface area contributed by atoms with Crippen molar-refractivity contribution in [3.63, 3.8) is 0 Å². The predicted octanol–water partition coefficient (Wildman–Crippen LogP) is 1.65. The summed E-state index contributed by atoms with van der Waals surface area (Å²) >= 11 is 4.54. The van der Waals surface area contributed by atoms with Gasteiger partial charge >= 0.3 is 5.97 Å². The molecule has 0 radical (unpaired) electrons. The number of ether oxygens (including phenoxy) is 1. The van der Waals surface area contributed by atoms with Gasteiger partial charge in [-0.05, 0) is 0 Å². The van der Waals surface area contributed by atoms with Gasteiger partial charge in [0.05, 0.1) is 12.5 Å². The van der Waals surface area contributed by atoms with Gasteiger partial charge < -0.3 is 4.74 Å². The topological polar surface area (TPSA) is 26.3 Å². The Hall–Kier alpha value is 0.930. The highest BCUT2D eigenvalue weighted by atomic mass is 127. The number of rotatable bonds is 2. The zero-order valence-corrected chi connectivity index (χ0v) is 9.66. The van der Waals surface area contributed by atoms with Gasteiger partial charge in [-0.15, -0.1) is 0 Å². The van der Waals surface area contributed by atoms with E-state index in [9.17, 15) is 4.79 Å². The van der Waals surface area contributed by atoms with Gasteiger partial charge in [-0.2, -0.15) is 0 Å². The molecule has 2 atom stereocenters. The Morgan fingerprint density at radius 3 is 2.60 bits per heavy atom. The van der Waals surface area contributed by atoms with Gasteiger partial charge in [-0.25, -0.2) is 0 Å². The highest BCUT2D eigenvalue weighted by Gasteiger charge is 2.34. The van der Waals surface area contributed by atoms with Crippen LogP contribution in [-0.4, -0.2) is 21.4 Å².